The molecule has 2 aliphatic heterocycles. The molecule has 2 aliphatic rings. The minimum atomic E-state index is -0.392. The molecule has 0 aliphatic carbocycles. The molecule has 5 aromatic rings. The van der Waals surface area contributed by atoms with E-state index < -0.39 is 6.03 Å². The third-order valence-electron chi connectivity index (χ3n) is 7.45. The Morgan fingerprint density at radius 3 is 2.73 bits per heavy atom. The van der Waals surface area contributed by atoms with Crippen LogP contribution < -0.4 is 20.7 Å². The van der Waals surface area contributed by atoms with E-state index in [0.717, 1.165) is 46.2 Å². The molecule has 1 unspecified atom stereocenters. The van der Waals surface area contributed by atoms with Gasteiger partial charge in [-0.2, -0.15) is 0 Å². The predicted molar refractivity (Wildman–Crippen MR) is 154 cm³/mol. The van der Waals surface area contributed by atoms with Gasteiger partial charge in [-0.15, -0.1) is 0 Å². The fourth-order valence-corrected chi connectivity index (χ4v) is 5.99. The minimum Gasteiger partial charge on any atom is -0.476 e. The molecule has 0 bridgehead atoms. The zero-order valence-corrected chi connectivity index (χ0v) is 23.3. The summed E-state index contributed by atoms with van der Waals surface area (Å²) in [6.07, 6.45) is 2.01. The highest BCUT2D eigenvalue weighted by molar-refractivity contribution is 7.23. The number of likely N-dealkylation sites (tertiary alicyclic amines) is 1. The molecule has 3 N–H and O–H groups in total. The summed E-state index contributed by atoms with van der Waals surface area (Å²) in [5, 5.41) is 12.9. The van der Waals surface area contributed by atoms with E-state index in [1.807, 2.05) is 63.4 Å². The maximum Gasteiger partial charge on any atom is 0.324 e. The molecule has 0 saturated carbocycles. The van der Waals surface area contributed by atoms with Crippen molar-refractivity contribution in [2.24, 2.45) is 0 Å². The van der Waals surface area contributed by atoms with Crippen LogP contribution in [0.3, 0.4) is 0 Å². The Bertz CT molecular complexity index is 1700. The van der Waals surface area contributed by atoms with Gasteiger partial charge in [0.15, 0.2) is 10.8 Å². The number of imidazole rings is 1. The molecule has 1 aromatic carbocycles. The second-order valence-electron chi connectivity index (χ2n) is 11.3. The number of urea groups is 1. The Morgan fingerprint density at radius 2 is 2.02 bits per heavy atom. The molecule has 0 spiro atoms. The molecule has 4 aromatic heterocycles. The number of pyridine rings is 1. The molecule has 2 atom stereocenters. The van der Waals surface area contributed by atoms with Gasteiger partial charge < -0.3 is 19.9 Å². The molecule has 2 amide bonds. The van der Waals surface area contributed by atoms with Crippen molar-refractivity contribution in [1.82, 2.24) is 29.7 Å². The van der Waals surface area contributed by atoms with Gasteiger partial charge in [0.1, 0.15) is 17.2 Å². The Kier molecular flexibility index (Phi) is 5.99. The van der Waals surface area contributed by atoms with E-state index in [-0.39, 0.29) is 5.41 Å². The molecular formula is C28H30N8O3S. The van der Waals surface area contributed by atoms with E-state index in [4.69, 9.17) is 19.2 Å². The molecule has 40 heavy (non-hydrogen) atoms. The average Bonchev–Trinajstić information content (AvgIpc) is 3.61. The van der Waals surface area contributed by atoms with Gasteiger partial charge in [-0.3, -0.25) is 14.6 Å². The lowest BCUT2D eigenvalue weighted by Gasteiger charge is -2.56. The summed E-state index contributed by atoms with van der Waals surface area (Å²) in [6.45, 7) is 9.83. The first-order chi connectivity index (χ1) is 19.3. The Labute approximate surface area is 234 Å². The number of nitrogens with one attached hydrogen (secondary N) is 3. The number of nitrogens with zero attached hydrogens (tertiary/aromatic N) is 5. The highest BCUT2D eigenvalue weighted by Gasteiger charge is 2.44. The number of ether oxygens (including phenoxy) is 1. The summed E-state index contributed by atoms with van der Waals surface area (Å²) in [5.74, 6) is 1.71. The number of carbonyl (C=O) groups is 1. The van der Waals surface area contributed by atoms with Crippen LogP contribution in [-0.2, 0) is 5.41 Å². The Hall–Kier alpha value is -4.00. The van der Waals surface area contributed by atoms with E-state index in [2.05, 4.69) is 30.4 Å². The highest BCUT2D eigenvalue weighted by atomic mass is 32.1. The van der Waals surface area contributed by atoms with Gasteiger partial charge in [-0.25, -0.2) is 14.8 Å². The number of hydrogen-bond donors (Lipinski definition) is 3. The van der Waals surface area contributed by atoms with E-state index in [1.165, 1.54) is 11.3 Å². The van der Waals surface area contributed by atoms with Crippen molar-refractivity contribution in [1.29, 1.82) is 0 Å². The van der Waals surface area contributed by atoms with Crippen LogP contribution in [0.1, 0.15) is 26.5 Å². The van der Waals surface area contributed by atoms with Gasteiger partial charge in [0.2, 0.25) is 5.88 Å². The predicted octanol–water partition coefficient (Wildman–Crippen LogP) is 4.58. The molecular weight excluding hydrogens is 528 g/mol. The summed E-state index contributed by atoms with van der Waals surface area (Å²) < 4.78 is 13.3. The number of rotatable bonds is 7. The highest BCUT2D eigenvalue weighted by Crippen LogP contribution is 2.31. The smallest absolute Gasteiger partial charge is 0.324 e. The average molecular weight is 559 g/mol. The second kappa shape index (κ2) is 9.58. The molecule has 0 radical (unpaired) electrons. The summed E-state index contributed by atoms with van der Waals surface area (Å²) in [7, 11) is 0. The zero-order valence-electron chi connectivity index (χ0n) is 22.5. The van der Waals surface area contributed by atoms with Gasteiger partial charge >= 0.3 is 6.03 Å². The first-order valence-corrected chi connectivity index (χ1v) is 14.2. The van der Waals surface area contributed by atoms with Crippen LogP contribution in [0, 0.1) is 0 Å². The van der Waals surface area contributed by atoms with E-state index in [9.17, 15) is 4.79 Å². The van der Waals surface area contributed by atoms with Crippen molar-refractivity contribution in [3.8, 4) is 17.1 Å². The second-order valence-corrected chi connectivity index (χ2v) is 12.2. The van der Waals surface area contributed by atoms with Crippen LogP contribution in [0.5, 0.6) is 5.88 Å². The fraction of sp³-hybridized carbons (Fsp3) is 0.357. The number of amides is 2. The van der Waals surface area contributed by atoms with Crippen LogP contribution >= 0.6 is 11.3 Å². The molecule has 206 valence electrons. The van der Waals surface area contributed by atoms with Crippen molar-refractivity contribution in [3.05, 3.63) is 54.4 Å². The SMILES string of the molecule is CC(C)(C)c1cc(NC(=O)Nc2ccc(-c3cn4c(n3)sc3nc(OCCN5C[C@H]6NCC65)ccc34)cc2)no1. The van der Waals surface area contributed by atoms with Crippen LogP contribution in [0.25, 0.3) is 26.6 Å². The van der Waals surface area contributed by atoms with Crippen molar-refractivity contribution in [2.45, 2.75) is 38.3 Å². The Balaban J connectivity index is 0.980. The Morgan fingerprint density at radius 1 is 1.18 bits per heavy atom. The molecule has 11 nitrogen and oxygen atoms in total. The molecule has 7 rings (SSSR count). The largest absolute Gasteiger partial charge is 0.476 e. The normalized spacial score (nSPS) is 18.8. The number of piperazine rings is 1. The maximum absolute atomic E-state index is 12.4. The number of fused-ring (bicyclic) bond motifs is 4. The van der Waals surface area contributed by atoms with Gasteiger partial charge in [-0.05, 0) is 18.2 Å². The summed E-state index contributed by atoms with van der Waals surface area (Å²) >= 11 is 1.54. The summed E-state index contributed by atoms with van der Waals surface area (Å²) in [5.41, 5.74) is 3.26. The fourth-order valence-electron chi connectivity index (χ4n) is 5.01. The van der Waals surface area contributed by atoms with Gasteiger partial charge in [-0.1, -0.05) is 49.4 Å². The monoisotopic (exact) mass is 558 g/mol. The quantitative estimate of drug-likeness (QED) is 0.266. The number of anilines is 2. The lowest BCUT2D eigenvalue weighted by molar-refractivity contribution is -0.0242. The number of thiazole rings is 1. The van der Waals surface area contributed by atoms with E-state index >= 15 is 0 Å². The first-order valence-electron chi connectivity index (χ1n) is 13.3. The lowest BCUT2D eigenvalue weighted by atomic mass is 9.89. The number of benzene rings is 1. The standard InChI is InChI=1S/C28H30N8O3S/c1-28(2,3)22-12-23(34-39-22)32-26(37)30-17-6-4-16(5-7-17)18-15-36-20-8-9-24(33-25(20)40-27(36)31-18)38-11-10-35-14-19-21(35)13-29-19/h4-9,12,15,19,21,29H,10-11,13-14H2,1-3H3,(H2,30,32,34,37)/t19-,21?/m1/s1. The van der Waals surface area contributed by atoms with Crippen molar-refractivity contribution < 1.29 is 14.1 Å². The number of hydrogen-bond acceptors (Lipinski definition) is 9. The first kappa shape index (κ1) is 25.0. The van der Waals surface area contributed by atoms with Crippen LogP contribution in [-0.4, -0.2) is 68.8 Å². The third-order valence-corrected chi connectivity index (χ3v) is 8.41. The van der Waals surface area contributed by atoms with Gasteiger partial charge in [0, 0.05) is 66.7 Å². The topological polar surface area (TPSA) is 122 Å². The van der Waals surface area contributed by atoms with Crippen LogP contribution in [0.4, 0.5) is 16.3 Å². The van der Waals surface area contributed by atoms with Crippen molar-refractivity contribution >= 4 is 44.2 Å². The maximum atomic E-state index is 12.4. The molecule has 2 fully saturated rings. The third kappa shape index (κ3) is 4.67. The molecule has 2 saturated heterocycles. The molecule has 6 heterocycles. The lowest BCUT2D eigenvalue weighted by Crippen LogP contribution is -2.77. The van der Waals surface area contributed by atoms with Crippen molar-refractivity contribution in [2.75, 3.05) is 36.9 Å². The van der Waals surface area contributed by atoms with Crippen molar-refractivity contribution in [3.63, 3.8) is 0 Å². The molecule has 12 heteroatoms. The van der Waals surface area contributed by atoms with Crippen LogP contribution in [0.2, 0.25) is 0 Å². The minimum absolute atomic E-state index is 0.188. The van der Waals surface area contributed by atoms with Gasteiger partial charge in [0.25, 0.3) is 0 Å². The summed E-state index contributed by atoms with van der Waals surface area (Å²) in [4.78, 5) is 26.2. The summed E-state index contributed by atoms with van der Waals surface area (Å²) in [6, 6.07) is 14.2. The zero-order chi connectivity index (χ0) is 27.4. The number of carbonyl (C=O) groups excluding carboxylic acids is 1. The number of aromatic nitrogens is 4. The van der Waals surface area contributed by atoms with Gasteiger partial charge in [0.05, 0.1) is 11.2 Å². The van der Waals surface area contributed by atoms with Crippen LogP contribution in [0.15, 0.2) is 53.2 Å². The van der Waals surface area contributed by atoms with E-state index in [0.29, 0.717) is 41.8 Å². The van der Waals surface area contributed by atoms with E-state index in [1.54, 1.807) is 6.07 Å².